The number of benzene rings is 1. The summed E-state index contributed by atoms with van der Waals surface area (Å²) in [4.78, 5) is 14.7. The molecule has 1 amide bonds. The van der Waals surface area contributed by atoms with Gasteiger partial charge in [0.25, 0.3) is 0 Å². The van der Waals surface area contributed by atoms with Gasteiger partial charge in [0.1, 0.15) is 11.5 Å². The van der Waals surface area contributed by atoms with Gasteiger partial charge in [-0.2, -0.15) is 5.26 Å². The molecule has 2 aromatic rings. The number of amides is 1. The summed E-state index contributed by atoms with van der Waals surface area (Å²) in [5.74, 6) is 0.897. The van der Waals surface area contributed by atoms with Crippen LogP contribution < -0.4 is 9.64 Å². The summed E-state index contributed by atoms with van der Waals surface area (Å²) in [6, 6.07) is 9.42. The Balaban J connectivity index is 2.29. The van der Waals surface area contributed by atoms with E-state index in [0.717, 1.165) is 17.0 Å². The summed E-state index contributed by atoms with van der Waals surface area (Å²) >= 11 is 0. The van der Waals surface area contributed by atoms with Crippen molar-refractivity contribution in [2.24, 2.45) is 0 Å². The lowest BCUT2D eigenvalue weighted by molar-refractivity contribution is -0.119. The molecule has 0 aliphatic heterocycles. The van der Waals surface area contributed by atoms with Crippen LogP contribution in [0, 0.1) is 25.2 Å². The minimum absolute atomic E-state index is 0.0891. The molecule has 0 unspecified atom stereocenters. The van der Waals surface area contributed by atoms with Crippen LogP contribution >= 0.6 is 0 Å². The Hall–Kier alpha value is -2.81. The fourth-order valence-corrected chi connectivity index (χ4v) is 2.88. The molecule has 0 N–H and O–H groups in total. The molecule has 6 heteroatoms. The van der Waals surface area contributed by atoms with E-state index in [1.807, 2.05) is 45.0 Å². The Morgan fingerprint density at radius 3 is 2.56 bits per heavy atom. The molecule has 0 saturated carbocycles. The summed E-state index contributed by atoms with van der Waals surface area (Å²) in [6.45, 7) is 8.29. The molecule has 0 aliphatic rings. The minimum Gasteiger partial charge on any atom is -0.494 e. The molecule has 0 aliphatic carbocycles. The maximum Gasteiger partial charge on any atom is 0.234 e. The van der Waals surface area contributed by atoms with Crippen LogP contribution in [0.25, 0.3) is 0 Å². The van der Waals surface area contributed by atoms with E-state index in [-0.39, 0.29) is 12.3 Å². The number of aromatic nitrogens is 1. The monoisotopic (exact) mass is 341 g/mol. The van der Waals surface area contributed by atoms with Gasteiger partial charge in [0, 0.05) is 17.8 Å². The number of nitriles is 1. The number of hydrogen-bond donors (Lipinski definition) is 0. The first kappa shape index (κ1) is 18.5. The fourth-order valence-electron chi connectivity index (χ4n) is 2.88. The van der Waals surface area contributed by atoms with Gasteiger partial charge in [0.05, 0.1) is 30.7 Å². The van der Waals surface area contributed by atoms with Gasteiger partial charge >= 0.3 is 0 Å². The van der Waals surface area contributed by atoms with E-state index in [9.17, 15) is 4.79 Å². The largest absolute Gasteiger partial charge is 0.494 e. The first-order valence-corrected chi connectivity index (χ1v) is 8.33. The van der Waals surface area contributed by atoms with E-state index in [2.05, 4.69) is 11.2 Å². The Labute approximate surface area is 148 Å². The van der Waals surface area contributed by atoms with Crippen molar-refractivity contribution >= 4 is 11.6 Å². The SMILES string of the molecule is CCOc1ccc(N(CCC#N)C(=O)[C@H](C)c2c(C)noc2C)cc1. The van der Waals surface area contributed by atoms with Gasteiger partial charge in [-0.1, -0.05) is 5.16 Å². The van der Waals surface area contributed by atoms with Gasteiger partial charge in [-0.05, 0) is 52.0 Å². The van der Waals surface area contributed by atoms with Crippen LogP contribution in [0.1, 0.15) is 43.2 Å². The highest BCUT2D eigenvalue weighted by Gasteiger charge is 2.27. The van der Waals surface area contributed by atoms with Gasteiger partial charge in [-0.3, -0.25) is 4.79 Å². The number of ether oxygens (including phenoxy) is 1. The van der Waals surface area contributed by atoms with Crippen molar-refractivity contribution in [1.82, 2.24) is 5.16 Å². The van der Waals surface area contributed by atoms with Crippen molar-refractivity contribution in [3.8, 4) is 11.8 Å². The average Bonchev–Trinajstić information content (AvgIpc) is 2.94. The third-order valence-corrected chi connectivity index (χ3v) is 4.06. The van der Waals surface area contributed by atoms with Crippen molar-refractivity contribution in [3.63, 3.8) is 0 Å². The highest BCUT2D eigenvalue weighted by atomic mass is 16.5. The molecule has 6 nitrogen and oxygen atoms in total. The molecular weight excluding hydrogens is 318 g/mol. The molecule has 2 rings (SSSR count). The van der Waals surface area contributed by atoms with E-state index >= 15 is 0 Å². The Morgan fingerprint density at radius 1 is 1.36 bits per heavy atom. The highest BCUT2D eigenvalue weighted by Crippen LogP contribution is 2.28. The first-order chi connectivity index (χ1) is 12.0. The van der Waals surface area contributed by atoms with Crippen molar-refractivity contribution in [2.75, 3.05) is 18.1 Å². The predicted octanol–water partition coefficient (Wildman–Crippen LogP) is 3.74. The number of aryl methyl sites for hydroxylation is 2. The molecule has 0 bridgehead atoms. The molecule has 1 aromatic heterocycles. The Bertz CT molecular complexity index is 740. The van der Waals surface area contributed by atoms with Crippen molar-refractivity contribution in [3.05, 3.63) is 41.3 Å². The van der Waals surface area contributed by atoms with Crippen molar-refractivity contribution < 1.29 is 14.1 Å². The number of anilines is 1. The lowest BCUT2D eigenvalue weighted by Crippen LogP contribution is -2.35. The fraction of sp³-hybridized carbons (Fsp3) is 0.421. The third kappa shape index (κ3) is 4.18. The quantitative estimate of drug-likeness (QED) is 0.766. The maximum atomic E-state index is 13.1. The van der Waals surface area contributed by atoms with Crippen LogP contribution in [-0.2, 0) is 4.79 Å². The van der Waals surface area contributed by atoms with Crippen molar-refractivity contribution in [2.45, 2.75) is 40.0 Å². The average molecular weight is 341 g/mol. The highest BCUT2D eigenvalue weighted by molar-refractivity contribution is 5.98. The molecule has 1 heterocycles. The number of rotatable bonds is 7. The third-order valence-electron chi connectivity index (χ3n) is 4.06. The molecule has 0 radical (unpaired) electrons. The van der Waals surface area contributed by atoms with Crippen LogP contribution in [0.2, 0.25) is 0 Å². The van der Waals surface area contributed by atoms with Gasteiger partial charge in [-0.15, -0.1) is 0 Å². The summed E-state index contributed by atoms with van der Waals surface area (Å²) in [7, 11) is 0. The van der Waals surface area contributed by atoms with E-state index in [0.29, 0.717) is 24.6 Å². The topological polar surface area (TPSA) is 79.4 Å². The van der Waals surface area contributed by atoms with Crippen molar-refractivity contribution in [1.29, 1.82) is 5.26 Å². The second-order valence-corrected chi connectivity index (χ2v) is 5.78. The van der Waals surface area contributed by atoms with E-state index < -0.39 is 5.92 Å². The Kier molecular flexibility index (Phi) is 6.18. The van der Waals surface area contributed by atoms with Crippen LogP contribution in [0.3, 0.4) is 0 Å². The van der Waals surface area contributed by atoms with Crippen LogP contribution in [-0.4, -0.2) is 24.2 Å². The summed E-state index contributed by atoms with van der Waals surface area (Å²) in [6.07, 6.45) is 0.257. The lowest BCUT2D eigenvalue weighted by atomic mass is 9.97. The van der Waals surface area contributed by atoms with E-state index in [1.165, 1.54) is 0 Å². The molecule has 0 spiro atoms. The van der Waals surface area contributed by atoms with Crippen LogP contribution in [0.5, 0.6) is 5.75 Å². The molecule has 132 valence electrons. The minimum atomic E-state index is -0.406. The zero-order chi connectivity index (χ0) is 18.4. The summed E-state index contributed by atoms with van der Waals surface area (Å²) in [5, 5.41) is 12.9. The smallest absolute Gasteiger partial charge is 0.234 e. The van der Waals surface area contributed by atoms with Crippen LogP contribution in [0.15, 0.2) is 28.8 Å². The molecule has 25 heavy (non-hydrogen) atoms. The van der Waals surface area contributed by atoms with Gasteiger partial charge in [-0.25, -0.2) is 0 Å². The van der Waals surface area contributed by atoms with E-state index in [1.54, 1.807) is 11.8 Å². The standard InChI is InChI=1S/C19H23N3O3/c1-5-24-17-9-7-16(8-10-17)22(12-6-11-20)19(23)13(2)18-14(3)21-25-15(18)4/h7-10,13H,5-6,12H2,1-4H3/t13-/m1/s1. The van der Waals surface area contributed by atoms with Crippen LogP contribution in [0.4, 0.5) is 5.69 Å². The first-order valence-electron chi connectivity index (χ1n) is 8.33. The molecular formula is C19H23N3O3. The normalized spacial score (nSPS) is 11.6. The second-order valence-electron chi connectivity index (χ2n) is 5.78. The lowest BCUT2D eigenvalue weighted by Gasteiger charge is -2.25. The maximum absolute atomic E-state index is 13.1. The zero-order valence-electron chi connectivity index (χ0n) is 15.1. The molecule has 1 aromatic carbocycles. The second kappa shape index (κ2) is 8.34. The van der Waals surface area contributed by atoms with E-state index in [4.69, 9.17) is 14.5 Å². The molecule has 0 saturated heterocycles. The molecule has 1 atom stereocenters. The number of carbonyl (C=O) groups excluding carboxylic acids is 1. The number of hydrogen-bond acceptors (Lipinski definition) is 5. The zero-order valence-corrected chi connectivity index (χ0v) is 15.1. The predicted molar refractivity (Wildman–Crippen MR) is 94.6 cm³/mol. The van der Waals surface area contributed by atoms with Gasteiger partial charge < -0.3 is 14.2 Å². The number of nitrogens with zero attached hydrogens (tertiary/aromatic N) is 3. The summed E-state index contributed by atoms with van der Waals surface area (Å²) in [5.41, 5.74) is 2.26. The van der Waals surface area contributed by atoms with Gasteiger partial charge in [0.15, 0.2) is 0 Å². The van der Waals surface area contributed by atoms with Gasteiger partial charge in [0.2, 0.25) is 5.91 Å². The number of carbonyl (C=O) groups is 1. The summed E-state index contributed by atoms with van der Waals surface area (Å²) < 4.78 is 10.6. The molecule has 0 fully saturated rings. The Morgan fingerprint density at radius 2 is 2.04 bits per heavy atom.